The van der Waals surface area contributed by atoms with Crippen molar-refractivity contribution >= 4 is 5.97 Å². The highest BCUT2D eigenvalue weighted by atomic mass is 19.1. The zero-order chi connectivity index (χ0) is 12.8. The van der Waals surface area contributed by atoms with E-state index in [4.69, 9.17) is 4.74 Å². The molecule has 1 unspecified atom stereocenters. The third-order valence-corrected chi connectivity index (χ3v) is 2.44. The Balaban J connectivity index is 3.00. The lowest BCUT2D eigenvalue weighted by molar-refractivity contribution is -0.145. The van der Waals surface area contributed by atoms with Gasteiger partial charge in [-0.15, -0.1) is 0 Å². The Morgan fingerprint density at radius 3 is 2.29 bits per heavy atom. The van der Waals surface area contributed by atoms with Gasteiger partial charge in [-0.05, 0) is 31.0 Å². The molecule has 0 fully saturated rings. The Labute approximate surface area is 99.6 Å². The minimum Gasteiger partial charge on any atom is -0.466 e. The number of carbonyl (C=O) groups excluding carboxylic acids is 1. The quantitative estimate of drug-likeness (QED) is 0.739. The Morgan fingerprint density at radius 2 is 1.82 bits per heavy atom. The van der Waals surface area contributed by atoms with E-state index >= 15 is 0 Å². The smallest absolute Gasteiger partial charge is 0.313 e. The van der Waals surface area contributed by atoms with Gasteiger partial charge in [0.1, 0.15) is 11.6 Å². The fourth-order valence-electron chi connectivity index (χ4n) is 1.73. The minimum atomic E-state index is -0.676. The SMILES string of the molecule is CCCC(C(=O)OCC)c1cc(F)cc(F)c1. The van der Waals surface area contributed by atoms with Crippen LogP contribution in [0.2, 0.25) is 0 Å². The number of ether oxygens (including phenoxy) is 1. The molecule has 0 aliphatic carbocycles. The molecule has 0 bridgehead atoms. The first-order valence-corrected chi connectivity index (χ1v) is 5.71. The van der Waals surface area contributed by atoms with Crippen LogP contribution in [0, 0.1) is 11.6 Å². The molecule has 0 aliphatic rings. The van der Waals surface area contributed by atoms with E-state index in [9.17, 15) is 13.6 Å². The number of hydrogen-bond donors (Lipinski definition) is 0. The first kappa shape index (κ1) is 13.6. The van der Waals surface area contributed by atoms with Crippen LogP contribution < -0.4 is 0 Å². The van der Waals surface area contributed by atoms with Crippen molar-refractivity contribution in [2.75, 3.05) is 6.61 Å². The highest BCUT2D eigenvalue weighted by Gasteiger charge is 2.22. The van der Waals surface area contributed by atoms with Gasteiger partial charge in [-0.1, -0.05) is 13.3 Å². The van der Waals surface area contributed by atoms with Crippen LogP contribution in [0.15, 0.2) is 18.2 Å². The molecular formula is C13H16F2O2. The maximum atomic E-state index is 13.1. The van der Waals surface area contributed by atoms with E-state index in [1.165, 1.54) is 12.1 Å². The summed E-state index contributed by atoms with van der Waals surface area (Å²) in [6.07, 6.45) is 1.25. The molecule has 94 valence electrons. The molecule has 0 aliphatic heterocycles. The zero-order valence-corrected chi connectivity index (χ0v) is 10.0. The third kappa shape index (κ3) is 3.80. The van der Waals surface area contributed by atoms with Crippen molar-refractivity contribution in [3.05, 3.63) is 35.4 Å². The maximum absolute atomic E-state index is 13.1. The predicted molar refractivity (Wildman–Crippen MR) is 60.6 cm³/mol. The lowest BCUT2D eigenvalue weighted by Crippen LogP contribution is -2.16. The number of halogens is 2. The highest BCUT2D eigenvalue weighted by Crippen LogP contribution is 2.24. The lowest BCUT2D eigenvalue weighted by Gasteiger charge is -2.15. The Morgan fingerprint density at radius 1 is 1.24 bits per heavy atom. The van der Waals surface area contributed by atoms with E-state index in [2.05, 4.69) is 0 Å². The van der Waals surface area contributed by atoms with E-state index in [0.29, 0.717) is 12.0 Å². The van der Waals surface area contributed by atoms with Gasteiger partial charge < -0.3 is 4.74 Å². The van der Waals surface area contributed by atoms with Crippen molar-refractivity contribution in [2.45, 2.75) is 32.6 Å². The summed E-state index contributed by atoms with van der Waals surface area (Å²) >= 11 is 0. The highest BCUT2D eigenvalue weighted by molar-refractivity contribution is 5.78. The van der Waals surface area contributed by atoms with E-state index in [-0.39, 0.29) is 6.61 Å². The Bertz CT molecular complexity index is 371. The molecule has 1 atom stereocenters. The van der Waals surface area contributed by atoms with Gasteiger partial charge in [0.2, 0.25) is 0 Å². The van der Waals surface area contributed by atoms with Gasteiger partial charge >= 0.3 is 5.97 Å². The van der Waals surface area contributed by atoms with Crippen molar-refractivity contribution in [1.82, 2.24) is 0 Å². The second-order valence-electron chi connectivity index (χ2n) is 3.80. The Kier molecular flexibility index (Phi) is 5.07. The summed E-state index contributed by atoms with van der Waals surface area (Å²) in [4.78, 5) is 11.7. The van der Waals surface area contributed by atoms with Crippen LogP contribution in [0.5, 0.6) is 0 Å². The van der Waals surface area contributed by atoms with E-state index in [0.717, 1.165) is 12.5 Å². The molecule has 1 aromatic carbocycles. The first-order valence-electron chi connectivity index (χ1n) is 5.71. The lowest BCUT2D eigenvalue weighted by atomic mass is 9.94. The summed E-state index contributed by atoms with van der Waals surface area (Å²) in [5, 5.41) is 0. The normalized spacial score (nSPS) is 12.2. The molecule has 0 saturated carbocycles. The average molecular weight is 242 g/mol. The number of hydrogen-bond acceptors (Lipinski definition) is 2. The van der Waals surface area contributed by atoms with Crippen molar-refractivity contribution in [3.8, 4) is 0 Å². The largest absolute Gasteiger partial charge is 0.466 e. The van der Waals surface area contributed by atoms with Gasteiger partial charge in [0, 0.05) is 6.07 Å². The van der Waals surface area contributed by atoms with Gasteiger partial charge in [-0.2, -0.15) is 0 Å². The van der Waals surface area contributed by atoms with Gasteiger partial charge in [0.25, 0.3) is 0 Å². The van der Waals surface area contributed by atoms with Gasteiger partial charge in [0.15, 0.2) is 0 Å². The summed E-state index contributed by atoms with van der Waals surface area (Å²) in [6, 6.07) is 3.15. The molecule has 0 aromatic heterocycles. The summed E-state index contributed by atoms with van der Waals surface area (Å²) in [5.41, 5.74) is 0.336. The minimum absolute atomic E-state index is 0.261. The second-order valence-corrected chi connectivity index (χ2v) is 3.80. The van der Waals surface area contributed by atoms with Crippen LogP contribution >= 0.6 is 0 Å². The van der Waals surface area contributed by atoms with E-state index in [1.54, 1.807) is 6.92 Å². The summed E-state index contributed by atoms with van der Waals surface area (Å²) in [5.74, 6) is -2.37. The zero-order valence-electron chi connectivity index (χ0n) is 10.0. The molecule has 0 N–H and O–H groups in total. The molecule has 0 heterocycles. The van der Waals surface area contributed by atoms with Gasteiger partial charge in [-0.3, -0.25) is 4.79 Å². The molecule has 2 nitrogen and oxygen atoms in total. The molecule has 1 aromatic rings. The number of esters is 1. The second kappa shape index (κ2) is 6.33. The number of benzene rings is 1. The topological polar surface area (TPSA) is 26.3 Å². The van der Waals surface area contributed by atoms with Crippen LogP contribution in [-0.2, 0) is 9.53 Å². The predicted octanol–water partition coefficient (Wildman–Crippen LogP) is 3.41. The standard InChI is InChI=1S/C13H16F2O2/c1-3-5-12(13(16)17-4-2)9-6-10(14)8-11(15)7-9/h6-8,12H,3-5H2,1-2H3. The maximum Gasteiger partial charge on any atom is 0.313 e. The van der Waals surface area contributed by atoms with E-state index in [1.807, 2.05) is 6.92 Å². The molecule has 0 spiro atoms. The molecule has 0 saturated heterocycles. The monoisotopic (exact) mass is 242 g/mol. The van der Waals surface area contributed by atoms with Crippen molar-refractivity contribution in [3.63, 3.8) is 0 Å². The molecule has 0 radical (unpaired) electrons. The Hall–Kier alpha value is -1.45. The molecule has 17 heavy (non-hydrogen) atoms. The van der Waals surface area contributed by atoms with Crippen LogP contribution in [0.3, 0.4) is 0 Å². The fourth-order valence-corrected chi connectivity index (χ4v) is 1.73. The van der Waals surface area contributed by atoms with Crippen LogP contribution in [-0.4, -0.2) is 12.6 Å². The molecule has 0 amide bonds. The van der Waals surface area contributed by atoms with Crippen LogP contribution in [0.25, 0.3) is 0 Å². The van der Waals surface area contributed by atoms with Crippen molar-refractivity contribution < 1.29 is 18.3 Å². The first-order chi connectivity index (χ1) is 8.08. The number of carbonyl (C=O) groups is 1. The summed E-state index contributed by atoms with van der Waals surface area (Å²) < 4.78 is 31.1. The average Bonchev–Trinajstić information content (AvgIpc) is 2.24. The van der Waals surface area contributed by atoms with Crippen molar-refractivity contribution in [1.29, 1.82) is 0 Å². The van der Waals surface area contributed by atoms with Gasteiger partial charge in [-0.25, -0.2) is 8.78 Å². The summed E-state index contributed by atoms with van der Waals surface area (Å²) in [7, 11) is 0. The molecular weight excluding hydrogens is 226 g/mol. The van der Waals surface area contributed by atoms with Crippen molar-refractivity contribution in [2.24, 2.45) is 0 Å². The van der Waals surface area contributed by atoms with Crippen LogP contribution in [0.4, 0.5) is 8.78 Å². The van der Waals surface area contributed by atoms with Gasteiger partial charge in [0.05, 0.1) is 12.5 Å². The molecule has 4 heteroatoms. The van der Waals surface area contributed by atoms with Crippen LogP contribution in [0.1, 0.15) is 38.2 Å². The number of rotatable bonds is 5. The molecule has 1 rings (SSSR count). The fraction of sp³-hybridized carbons (Fsp3) is 0.462. The van der Waals surface area contributed by atoms with E-state index < -0.39 is 23.5 Å². The third-order valence-electron chi connectivity index (χ3n) is 2.44. The summed E-state index contributed by atoms with van der Waals surface area (Å²) in [6.45, 7) is 3.87.